The highest BCUT2D eigenvalue weighted by Crippen LogP contribution is 2.29. The summed E-state index contributed by atoms with van der Waals surface area (Å²) < 4.78 is 0. The predicted molar refractivity (Wildman–Crippen MR) is 77.3 cm³/mol. The van der Waals surface area contributed by atoms with Crippen LogP contribution >= 0.6 is 11.3 Å². The molecule has 0 aromatic carbocycles. The normalized spacial score (nSPS) is 18.9. The molecule has 20 heavy (non-hydrogen) atoms. The fraction of sp³-hybridized carbons (Fsp3) is 0.571. The Morgan fingerprint density at radius 2 is 2.10 bits per heavy atom. The van der Waals surface area contributed by atoms with Gasteiger partial charge in [0.2, 0.25) is 0 Å². The summed E-state index contributed by atoms with van der Waals surface area (Å²) in [5.41, 5.74) is 1.11. The van der Waals surface area contributed by atoms with Gasteiger partial charge in [0.05, 0.1) is 0 Å². The van der Waals surface area contributed by atoms with Crippen LogP contribution < -0.4 is 5.32 Å². The van der Waals surface area contributed by atoms with Gasteiger partial charge >= 0.3 is 11.8 Å². The summed E-state index contributed by atoms with van der Waals surface area (Å²) in [5, 5.41) is 7.23. The van der Waals surface area contributed by atoms with Crippen molar-refractivity contribution in [3.8, 4) is 0 Å². The molecular formula is C14H19N3O2S. The number of nitrogens with zero attached hydrogens (tertiary/aromatic N) is 2. The van der Waals surface area contributed by atoms with Crippen LogP contribution in [0.4, 0.5) is 0 Å². The predicted octanol–water partition coefficient (Wildman–Crippen LogP) is 0.671. The van der Waals surface area contributed by atoms with Crippen LogP contribution in [-0.4, -0.2) is 53.8 Å². The van der Waals surface area contributed by atoms with Gasteiger partial charge in [-0.05, 0) is 35.2 Å². The molecule has 1 saturated carbocycles. The second-order valence-corrected chi connectivity index (χ2v) is 6.12. The minimum Gasteiger partial charge on any atom is -0.332 e. The lowest BCUT2D eigenvalue weighted by Gasteiger charge is -2.29. The molecule has 0 bridgehead atoms. The van der Waals surface area contributed by atoms with E-state index >= 15 is 0 Å². The van der Waals surface area contributed by atoms with Crippen LogP contribution in [0.5, 0.6) is 0 Å². The van der Waals surface area contributed by atoms with Gasteiger partial charge in [-0.2, -0.15) is 11.3 Å². The van der Waals surface area contributed by atoms with Crippen molar-refractivity contribution in [3.63, 3.8) is 0 Å². The Morgan fingerprint density at radius 3 is 2.70 bits per heavy atom. The van der Waals surface area contributed by atoms with E-state index in [-0.39, 0.29) is 17.9 Å². The Hall–Kier alpha value is -1.40. The molecule has 3 rings (SSSR count). The van der Waals surface area contributed by atoms with E-state index in [1.54, 1.807) is 21.1 Å². The highest BCUT2D eigenvalue weighted by atomic mass is 32.1. The van der Waals surface area contributed by atoms with Gasteiger partial charge in [0.25, 0.3) is 0 Å². The molecule has 6 heteroatoms. The number of amides is 2. The van der Waals surface area contributed by atoms with Crippen molar-refractivity contribution < 1.29 is 9.59 Å². The van der Waals surface area contributed by atoms with Gasteiger partial charge in [-0.3, -0.25) is 9.59 Å². The summed E-state index contributed by atoms with van der Waals surface area (Å²) in [6.45, 7) is 3.36. The molecule has 0 spiro atoms. The number of hydrogen-bond donors (Lipinski definition) is 1. The van der Waals surface area contributed by atoms with E-state index in [4.69, 9.17) is 0 Å². The fourth-order valence-electron chi connectivity index (χ4n) is 2.46. The van der Waals surface area contributed by atoms with E-state index in [9.17, 15) is 9.59 Å². The Labute approximate surface area is 122 Å². The molecule has 0 atom stereocenters. The maximum atomic E-state index is 12.5. The molecule has 2 heterocycles. The molecule has 1 aromatic rings. The van der Waals surface area contributed by atoms with E-state index in [0.717, 1.165) is 31.5 Å². The van der Waals surface area contributed by atoms with Crippen LogP contribution in [0.2, 0.25) is 0 Å². The Balaban J connectivity index is 1.67. The van der Waals surface area contributed by atoms with Crippen LogP contribution in [0.25, 0.3) is 0 Å². The highest BCUT2D eigenvalue weighted by molar-refractivity contribution is 7.07. The molecule has 0 unspecified atom stereocenters. The smallest absolute Gasteiger partial charge is 0.312 e. The van der Waals surface area contributed by atoms with Crippen LogP contribution in [0.3, 0.4) is 0 Å². The molecule has 5 nitrogen and oxygen atoms in total. The van der Waals surface area contributed by atoms with Gasteiger partial charge in [-0.1, -0.05) is 0 Å². The van der Waals surface area contributed by atoms with Crippen molar-refractivity contribution in [1.29, 1.82) is 0 Å². The SMILES string of the molecule is O=C(C(=O)N(Cc1ccsc1)C1CC1)N1CCNCC1. The molecule has 1 aliphatic carbocycles. The summed E-state index contributed by atoms with van der Waals surface area (Å²) in [7, 11) is 0. The first-order chi connectivity index (χ1) is 9.75. The van der Waals surface area contributed by atoms with Crippen LogP contribution in [0.1, 0.15) is 18.4 Å². The van der Waals surface area contributed by atoms with Crippen LogP contribution in [0.15, 0.2) is 16.8 Å². The molecule has 2 fully saturated rings. The van der Waals surface area contributed by atoms with Crippen LogP contribution in [0, 0.1) is 0 Å². The molecule has 1 saturated heterocycles. The van der Waals surface area contributed by atoms with Gasteiger partial charge in [0.1, 0.15) is 0 Å². The second kappa shape index (κ2) is 5.93. The third-order valence-corrected chi connectivity index (χ3v) is 4.50. The molecule has 108 valence electrons. The Morgan fingerprint density at radius 1 is 1.35 bits per heavy atom. The average molecular weight is 293 g/mol. The maximum absolute atomic E-state index is 12.5. The average Bonchev–Trinajstić information content (AvgIpc) is 3.21. The number of nitrogens with one attached hydrogen (secondary N) is 1. The summed E-state index contributed by atoms with van der Waals surface area (Å²) in [5.74, 6) is -0.672. The lowest BCUT2D eigenvalue weighted by atomic mass is 10.2. The van der Waals surface area contributed by atoms with Crippen molar-refractivity contribution in [2.75, 3.05) is 26.2 Å². The number of carbonyl (C=O) groups excluding carboxylic acids is 2. The van der Waals surface area contributed by atoms with Gasteiger partial charge in [-0.15, -0.1) is 0 Å². The topological polar surface area (TPSA) is 52.7 Å². The van der Waals surface area contributed by atoms with Gasteiger partial charge < -0.3 is 15.1 Å². The minimum absolute atomic E-state index is 0.259. The highest BCUT2D eigenvalue weighted by Gasteiger charge is 2.37. The number of thiophene rings is 1. The van der Waals surface area contributed by atoms with Gasteiger partial charge in [0.15, 0.2) is 0 Å². The molecule has 0 radical (unpaired) electrons. The molecule has 2 aliphatic rings. The number of hydrogen-bond acceptors (Lipinski definition) is 4. The summed E-state index contributed by atoms with van der Waals surface area (Å²) in [6.07, 6.45) is 2.04. The first kappa shape index (κ1) is 13.6. The monoisotopic (exact) mass is 293 g/mol. The lowest BCUT2D eigenvalue weighted by Crippen LogP contribution is -2.52. The Bertz CT molecular complexity index is 479. The van der Waals surface area contributed by atoms with Crippen molar-refractivity contribution in [3.05, 3.63) is 22.4 Å². The third-order valence-electron chi connectivity index (χ3n) is 3.77. The first-order valence-electron chi connectivity index (χ1n) is 7.07. The maximum Gasteiger partial charge on any atom is 0.312 e. The zero-order valence-corrected chi connectivity index (χ0v) is 12.2. The number of piperazine rings is 1. The molecule has 2 amide bonds. The standard InChI is InChI=1S/C14H19N3O2S/c18-13(16-6-4-15-5-7-16)14(19)17(12-1-2-12)9-11-3-8-20-10-11/h3,8,10,12,15H,1-2,4-7,9H2. The van der Waals surface area contributed by atoms with Crippen molar-refractivity contribution >= 4 is 23.2 Å². The summed E-state index contributed by atoms with van der Waals surface area (Å²) in [4.78, 5) is 28.2. The Kier molecular flexibility index (Phi) is 4.03. The number of rotatable bonds is 3. The van der Waals surface area contributed by atoms with Gasteiger partial charge in [-0.25, -0.2) is 0 Å². The number of carbonyl (C=O) groups is 2. The summed E-state index contributed by atoms with van der Waals surface area (Å²) >= 11 is 1.62. The summed E-state index contributed by atoms with van der Waals surface area (Å²) in [6, 6.07) is 2.28. The minimum atomic E-state index is -0.339. The van der Waals surface area contributed by atoms with Crippen molar-refractivity contribution in [2.45, 2.75) is 25.4 Å². The van der Waals surface area contributed by atoms with E-state index in [1.807, 2.05) is 16.8 Å². The quantitative estimate of drug-likeness (QED) is 0.834. The zero-order valence-electron chi connectivity index (χ0n) is 11.4. The van der Waals surface area contributed by atoms with E-state index in [1.165, 1.54) is 0 Å². The molecule has 1 aromatic heterocycles. The van der Waals surface area contributed by atoms with Crippen molar-refractivity contribution in [2.24, 2.45) is 0 Å². The molecular weight excluding hydrogens is 274 g/mol. The molecule has 1 N–H and O–H groups in total. The zero-order chi connectivity index (χ0) is 13.9. The largest absolute Gasteiger partial charge is 0.332 e. The van der Waals surface area contributed by atoms with E-state index in [0.29, 0.717) is 19.6 Å². The van der Waals surface area contributed by atoms with E-state index < -0.39 is 0 Å². The second-order valence-electron chi connectivity index (χ2n) is 5.34. The van der Waals surface area contributed by atoms with E-state index in [2.05, 4.69) is 5.32 Å². The molecule has 1 aliphatic heterocycles. The van der Waals surface area contributed by atoms with Crippen molar-refractivity contribution in [1.82, 2.24) is 15.1 Å². The fourth-order valence-corrected chi connectivity index (χ4v) is 3.12. The first-order valence-corrected chi connectivity index (χ1v) is 8.01. The van der Waals surface area contributed by atoms with Gasteiger partial charge in [0, 0.05) is 38.8 Å². The lowest BCUT2D eigenvalue weighted by molar-refractivity contribution is -0.152. The van der Waals surface area contributed by atoms with Crippen LogP contribution in [-0.2, 0) is 16.1 Å². The third kappa shape index (κ3) is 3.02.